The minimum atomic E-state index is -4.23. The lowest BCUT2D eigenvalue weighted by atomic mass is 10.1. The van der Waals surface area contributed by atoms with E-state index in [4.69, 9.17) is 37.0 Å². The Hall–Kier alpha value is -2.16. The van der Waals surface area contributed by atoms with E-state index in [-0.39, 0.29) is 44.5 Å². The fourth-order valence-electron chi connectivity index (χ4n) is 2.44. The van der Waals surface area contributed by atoms with Gasteiger partial charge in [0.15, 0.2) is 6.29 Å². The van der Waals surface area contributed by atoms with E-state index in [1.807, 2.05) is 0 Å². The maximum Gasteiger partial charge on any atom is 0.459 e. The van der Waals surface area contributed by atoms with Crippen LogP contribution in [0.25, 0.3) is 0 Å². The molecular weight excluding hydrogens is 482 g/mol. The molecule has 1 aromatic carbocycles. The number of ether oxygens (including phenoxy) is 1. The Morgan fingerprint density at radius 3 is 2.56 bits per heavy atom. The number of pyridine rings is 1. The number of carbonyl (C=O) groups excluding carboxylic acids is 2. The summed E-state index contributed by atoms with van der Waals surface area (Å²) in [6.07, 6.45) is 1.35. The second-order valence-corrected chi connectivity index (χ2v) is 9.53. The Labute approximate surface area is 195 Å². The zero-order chi connectivity index (χ0) is 24.1. The summed E-state index contributed by atoms with van der Waals surface area (Å²) in [5.74, 6) is -0.937. The second-order valence-electron chi connectivity index (χ2n) is 7.02. The van der Waals surface area contributed by atoms with Crippen molar-refractivity contribution in [1.82, 2.24) is 10.1 Å². The Bertz CT molecular complexity index is 1050. The van der Waals surface area contributed by atoms with E-state index in [0.29, 0.717) is 6.29 Å². The lowest BCUT2D eigenvalue weighted by Gasteiger charge is -2.23. The van der Waals surface area contributed by atoms with E-state index in [0.717, 1.165) is 0 Å². The van der Waals surface area contributed by atoms with Crippen molar-refractivity contribution in [2.24, 2.45) is 0 Å². The third-order valence-corrected chi connectivity index (χ3v) is 6.40. The fraction of sp³-hybridized carbons (Fsp3) is 0.350. The van der Waals surface area contributed by atoms with Crippen LogP contribution in [-0.4, -0.2) is 34.5 Å². The molecule has 0 saturated heterocycles. The van der Waals surface area contributed by atoms with Gasteiger partial charge in [0.25, 0.3) is 0 Å². The first-order valence-corrected chi connectivity index (χ1v) is 11.8. The van der Waals surface area contributed by atoms with Gasteiger partial charge in [0.2, 0.25) is 0 Å². The van der Waals surface area contributed by atoms with Crippen molar-refractivity contribution in [1.29, 1.82) is 0 Å². The van der Waals surface area contributed by atoms with Crippen molar-refractivity contribution < 1.29 is 33.0 Å². The highest BCUT2D eigenvalue weighted by Gasteiger charge is 2.33. The summed E-state index contributed by atoms with van der Waals surface area (Å²) >= 11 is 11.9. The van der Waals surface area contributed by atoms with Gasteiger partial charge in [-0.1, -0.05) is 23.2 Å². The predicted octanol–water partition coefficient (Wildman–Crippen LogP) is 4.85. The third kappa shape index (κ3) is 6.92. The molecule has 2 rings (SSSR count). The van der Waals surface area contributed by atoms with Gasteiger partial charge in [-0.05, 0) is 39.8 Å². The van der Waals surface area contributed by atoms with Crippen molar-refractivity contribution >= 4 is 43.2 Å². The van der Waals surface area contributed by atoms with Crippen LogP contribution >= 0.6 is 30.9 Å². The SMILES string of the molecule is Cc1ncc(COP(=O)(N[C@@H](C)C(=O)OC(C)C)Oc2ccc(Cl)c(Cl)c2)c(C=O)c1O. The number of aryl methyl sites for hydroxylation is 1. The Balaban J connectivity index is 2.32. The number of rotatable bonds is 10. The van der Waals surface area contributed by atoms with Crippen molar-refractivity contribution in [2.45, 2.75) is 46.4 Å². The van der Waals surface area contributed by atoms with Crippen molar-refractivity contribution in [3.05, 3.63) is 51.3 Å². The number of nitrogens with zero attached hydrogens (tertiary/aromatic N) is 1. The molecule has 0 fully saturated rings. The highest BCUT2D eigenvalue weighted by Crippen LogP contribution is 2.47. The monoisotopic (exact) mass is 504 g/mol. The van der Waals surface area contributed by atoms with E-state index < -0.39 is 26.4 Å². The van der Waals surface area contributed by atoms with Gasteiger partial charge in [-0.25, -0.2) is 4.57 Å². The maximum absolute atomic E-state index is 13.5. The summed E-state index contributed by atoms with van der Waals surface area (Å²) in [7, 11) is -4.23. The summed E-state index contributed by atoms with van der Waals surface area (Å²) in [6.45, 7) is 5.87. The van der Waals surface area contributed by atoms with Gasteiger partial charge < -0.3 is 14.4 Å². The number of hydrogen-bond donors (Lipinski definition) is 2. The predicted molar refractivity (Wildman–Crippen MR) is 119 cm³/mol. The Morgan fingerprint density at radius 2 is 1.97 bits per heavy atom. The molecule has 12 heteroatoms. The minimum Gasteiger partial charge on any atom is -0.505 e. The first kappa shape index (κ1) is 26.1. The van der Waals surface area contributed by atoms with Gasteiger partial charge >= 0.3 is 13.7 Å². The van der Waals surface area contributed by atoms with Crippen molar-refractivity contribution in [2.75, 3.05) is 0 Å². The molecule has 0 aliphatic heterocycles. The molecule has 2 atom stereocenters. The van der Waals surface area contributed by atoms with Crippen LogP contribution in [0, 0.1) is 6.92 Å². The van der Waals surface area contributed by atoms with E-state index >= 15 is 0 Å². The summed E-state index contributed by atoms with van der Waals surface area (Å²) < 4.78 is 29.6. The Kier molecular flexibility index (Phi) is 9.07. The maximum atomic E-state index is 13.5. The number of esters is 1. The van der Waals surface area contributed by atoms with Crippen molar-refractivity contribution in [3.8, 4) is 11.5 Å². The smallest absolute Gasteiger partial charge is 0.459 e. The normalized spacial score (nSPS) is 14.0. The van der Waals surface area contributed by atoms with Crippen LogP contribution in [0.4, 0.5) is 0 Å². The quantitative estimate of drug-likeness (QED) is 0.265. The van der Waals surface area contributed by atoms with Crippen LogP contribution in [0.2, 0.25) is 10.0 Å². The van der Waals surface area contributed by atoms with Crippen LogP contribution in [0.5, 0.6) is 11.5 Å². The van der Waals surface area contributed by atoms with Crippen LogP contribution in [0.15, 0.2) is 24.4 Å². The number of aldehydes is 1. The molecule has 9 nitrogen and oxygen atoms in total. The van der Waals surface area contributed by atoms with Crippen LogP contribution in [-0.2, 0) is 25.2 Å². The first-order valence-electron chi connectivity index (χ1n) is 9.46. The molecule has 32 heavy (non-hydrogen) atoms. The molecule has 2 aromatic rings. The molecule has 0 saturated carbocycles. The largest absolute Gasteiger partial charge is 0.505 e. The molecule has 0 aliphatic carbocycles. The van der Waals surface area contributed by atoms with Gasteiger partial charge in [-0.3, -0.25) is 19.1 Å². The molecular formula is C20H23Cl2N2O7P. The molecule has 174 valence electrons. The number of benzene rings is 1. The molecule has 0 bridgehead atoms. The zero-order valence-corrected chi connectivity index (χ0v) is 20.2. The zero-order valence-electron chi connectivity index (χ0n) is 17.8. The van der Waals surface area contributed by atoms with Crippen LogP contribution in [0.3, 0.4) is 0 Å². The molecule has 0 amide bonds. The third-order valence-electron chi connectivity index (χ3n) is 4.04. The lowest BCUT2D eigenvalue weighted by molar-refractivity contribution is -0.149. The summed E-state index contributed by atoms with van der Waals surface area (Å²) in [5, 5.41) is 13.0. The van der Waals surface area contributed by atoms with E-state index in [9.17, 15) is 19.3 Å². The molecule has 1 aromatic heterocycles. The number of carbonyl (C=O) groups is 2. The Morgan fingerprint density at radius 1 is 1.28 bits per heavy atom. The number of aromatic nitrogens is 1. The van der Waals surface area contributed by atoms with Crippen LogP contribution < -0.4 is 9.61 Å². The fourth-order valence-corrected chi connectivity index (χ4v) is 4.19. The van der Waals surface area contributed by atoms with Crippen molar-refractivity contribution in [3.63, 3.8) is 0 Å². The number of hydrogen-bond acceptors (Lipinski definition) is 8. The van der Waals surface area contributed by atoms with Gasteiger partial charge in [-0.15, -0.1) is 0 Å². The van der Waals surface area contributed by atoms with Gasteiger partial charge in [0, 0.05) is 17.8 Å². The van der Waals surface area contributed by atoms with Crippen LogP contribution in [0.1, 0.15) is 42.4 Å². The molecule has 0 radical (unpaired) electrons. The standard InChI is InChI=1S/C20H23Cl2N2O7P/c1-11(2)30-20(27)13(4)24-32(28,31-15-5-6-17(21)18(22)7-15)29-10-14-8-23-12(3)19(26)16(14)9-25/h5-9,11,13,26H,10H2,1-4H3,(H,24,28)/t13-,32?/m0/s1. The van der Waals surface area contributed by atoms with E-state index in [1.54, 1.807) is 13.8 Å². The van der Waals surface area contributed by atoms with E-state index in [2.05, 4.69) is 10.1 Å². The number of aromatic hydroxyl groups is 1. The van der Waals surface area contributed by atoms with Gasteiger partial charge in [0.1, 0.15) is 17.5 Å². The topological polar surface area (TPSA) is 124 Å². The first-order chi connectivity index (χ1) is 15.0. The molecule has 1 unspecified atom stereocenters. The van der Waals surface area contributed by atoms with E-state index in [1.165, 1.54) is 38.2 Å². The summed E-state index contributed by atoms with van der Waals surface area (Å²) in [4.78, 5) is 27.6. The van der Waals surface area contributed by atoms with Gasteiger partial charge in [-0.2, -0.15) is 5.09 Å². The second kappa shape index (κ2) is 11.1. The molecule has 2 N–H and O–H groups in total. The van der Waals surface area contributed by atoms with Gasteiger partial charge in [0.05, 0.1) is 34.0 Å². The summed E-state index contributed by atoms with van der Waals surface area (Å²) in [6, 6.07) is 3.11. The molecule has 1 heterocycles. The lowest BCUT2D eigenvalue weighted by Crippen LogP contribution is -2.36. The molecule has 0 spiro atoms. The highest BCUT2D eigenvalue weighted by molar-refractivity contribution is 7.52. The highest BCUT2D eigenvalue weighted by atomic mass is 35.5. The average molecular weight is 505 g/mol. The number of halogens is 2. The molecule has 0 aliphatic rings. The number of nitrogens with one attached hydrogen (secondary N) is 1. The summed E-state index contributed by atoms with van der Waals surface area (Å²) in [5.41, 5.74) is 0.348. The average Bonchev–Trinajstić information content (AvgIpc) is 2.71. The minimum absolute atomic E-state index is 0.0557.